The summed E-state index contributed by atoms with van der Waals surface area (Å²) in [5, 5.41) is 8.64. The van der Waals surface area contributed by atoms with E-state index in [-0.39, 0.29) is 5.82 Å². The van der Waals surface area contributed by atoms with Crippen molar-refractivity contribution in [2.24, 2.45) is 0 Å². The molecule has 0 atom stereocenters. The van der Waals surface area contributed by atoms with Crippen molar-refractivity contribution in [3.63, 3.8) is 0 Å². The number of carboxylic acid groups (broad SMARTS) is 1. The Morgan fingerprint density at radius 2 is 1.90 bits per heavy atom. The molecule has 20 heavy (non-hydrogen) atoms. The van der Waals surface area contributed by atoms with Crippen LogP contribution in [0.2, 0.25) is 0 Å². The van der Waals surface area contributed by atoms with Gasteiger partial charge in [0.15, 0.2) is 0 Å². The Morgan fingerprint density at radius 3 is 2.50 bits per heavy atom. The topological polar surface area (TPSA) is 46.5 Å². The van der Waals surface area contributed by atoms with Gasteiger partial charge in [-0.15, -0.1) is 0 Å². The van der Waals surface area contributed by atoms with E-state index in [0.717, 1.165) is 22.8 Å². The molecule has 2 aromatic rings. The van der Waals surface area contributed by atoms with Gasteiger partial charge in [-0.25, -0.2) is 9.18 Å². The molecule has 102 valence electrons. The first-order chi connectivity index (χ1) is 9.60. The monoisotopic (exact) mass is 272 g/mol. The smallest absolute Gasteiger partial charge is 0.328 e. The molecular formula is C16H13FO3. The molecule has 0 spiro atoms. The number of benzene rings is 2. The average Bonchev–Trinajstić information content (AvgIpc) is 2.45. The van der Waals surface area contributed by atoms with Gasteiger partial charge in [0, 0.05) is 11.6 Å². The van der Waals surface area contributed by atoms with Gasteiger partial charge < -0.3 is 9.84 Å². The maximum atomic E-state index is 13.0. The maximum absolute atomic E-state index is 13.0. The van der Waals surface area contributed by atoms with Gasteiger partial charge in [0.05, 0.1) is 7.11 Å². The summed E-state index contributed by atoms with van der Waals surface area (Å²) in [5.74, 6) is -0.678. The molecule has 4 heteroatoms. The Bertz CT molecular complexity index is 645. The standard InChI is InChI=1S/C16H13FO3/c1-20-15-8-2-11(3-9-16(18)19)10-14(15)12-4-6-13(17)7-5-12/h2-10H,1H3,(H,18,19). The van der Waals surface area contributed by atoms with Crippen molar-refractivity contribution in [2.75, 3.05) is 7.11 Å². The second-order valence-corrected chi connectivity index (χ2v) is 4.14. The fourth-order valence-corrected chi connectivity index (χ4v) is 1.85. The third kappa shape index (κ3) is 3.23. The zero-order valence-electron chi connectivity index (χ0n) is 10.8. The van der Waals surface area contributed by atoms with E-state index in [1.165, 1.54) is 18.2 Å². The molecule has 1 N–H and O–H groups in total. The van der Waals surface area contributed by atoms with Gasteiger partial charge in [0.2, 0.25) is 0 Å². The Kier molecular flexibility index (Phi) is 4.15. The van der Waals surface area contributed by atoms with Crippen molar-refractivity contribution in [1.82, 2.24) is 0 Å². The van der Waals surface area contributed by atoms with Crippen LogP contribution in [0.4, 0.5) is 4.39 Å². The largest absolute Gasteiger partial charge is 0.496 e. The van der Waals surface area contributed by atoms with Crippen molar-refractivity contribution in [3.05, 3.63) is 59.9 Å². The second kappa shape index (κ2) is 6.02. The van der Waals surface area contributed by atoms with E-state index in [2.05, 4.69) is 0 Å². The van der Waals surface area contributed by atoms with Crippen LogP contribution in [0, 0.1) is 5.82 Å². The third-order valence-electron chi connectivity index (χ3n) is 2.80. The highest BCUT2D eigenvalue weighted by Crippen LogP contribution is 2.31. The lowest BCUT2D eigenvalue weighted by atomic mass is 10.0. The fraction of sp³-hybridized carbons (Fsp3) is 0.0625. The lowest BCUT2D eigenvalue weighted by molar-refractivity contribution is -0.131. The first-order valence-electron chi connectivity index (χ1n) is 5.95. The minimum absolute atomic E-state index is 0.311. The van der Waals surface area contributed by atoms with Crippen LogP contribution in [0.3, 0.4) is 0 Å². The summed E-state index contributed by atoms with van der Waals surface area (Å²) < 4.78 is 18.2. The van der Waals surface area contributed by atoms with E-state index in [4.69, 9.17) is 9.84 Å². The molecule has 0 amide bonds. The number of rotatable bonds is 4. The number of carbonyl (C=O) groups is 1. The lowest BCUT2D eigenvalue weighted by Gasteiger charge is -2.09. The summed E-state index contributed by atoms with van der Waals surface area (Å²) in [6.07, 6.45) is 2.56. The number of ether oxygens (including phenoxy) is 1. The molecule has 0 heterocycles. The normalized spacial score (nSPS) is 10.7. The van der Waals surface area contributed by atoms with Gasteiger partial charge in [-0.05, 0) is 41.5 Å². The van der Waals surface area contributed by atoms with Gasteiger partial charge in [0.1, 0.15) is 11.6 Å². The van der Waals surface area contributed by atoms with Crippen LogP contribution in [0.1, 0.15) is 5.56 Å². The molecule has 0 aliphatic carbocycles. The SMILES string of the molecule is COc1ccc(C=CC(=O)O)cc1-c1ccc(F)cc1. The molecule has 0 aliphatic rings. The molecule has 0 saturated carbocycles. The van der Waals surface area contributed by atoms with Crippen LogP contribution in [-0.2, 0) is 4.79 Å². The number of aliphatic carboxylic acids is 1. The quantitative estimate of drug-likeness (QED) is 0.865. The van der Waals surface area contributed by atoms with E-state index < -0.39 is 5.97 Å². The predicted octanol–water partition coefficient (Wildman–Crippen LogP) is 3.60. The minimum Gasteiger partial charge on any atom is -0.496 e. The molecule has 2 rings (SSSR count). The summed E-state index contributed by atoms with van der Waals surface area (Å²) in [5.41, 5.74) is 2.31. The van der Waals surface area contributed by atoms with E-state index >= 15 is 0 Å². The van der Waals surface area contributed by atoms with Crippen molar-refractivity contribution in [1.29, 1.82) is 0 Å². The first kappa shape index (κ1) is 13.8. The van der Waals surface area contributed by atoms with Gasteiger partial charge in [-0.1, -0.05) is 18.2 Å². The second-order valence-electron chi connectivity index (χ2n) is 4.14. The van der Waals surface area contributed by atoms with Crippen LogP contribution in [0.15, 0.2) is 48.5 Å². The van der Waals surface area contributed by atoms with E-state index in [9.17, 15) is 9.18 Å². The average molecular weight is 272 g/mol. The van der Waals surface area contributed by atoms with Crippen LogP contribution in [0.25, 0.3) is 17.2 Å². The predicted molar refractivity (Wildman–Crippen MR) is 75.1 cm³/mol. The van der Waals surface area contributed by atoms with Gasteiger partial charge in [-0.3, -0.25) is 0 Å². The zero-order chi connectivity index (χ0) is 14.5. The Labute approximate surface area is 115 Å². The Balaban J connectivity index is 2.46. The Morgan fingerprint density at radius 1 is 1.20 bits per heavy atom. The van der Waals surface area contributed by atoms with Crippen molar-refractivity contribution < 1.29 is 19.0 Å². The van der Waals surface area contributed by atoms with E-state index in [0.29, 0.717) is 5.75 Å². The van der Waals surface area contributed by atoms with Gasteiger partial charge in [-0.2, -0.15) is 0 Å². The number of hydrogen-bond acceptors (Lipinski definition) is 2. The summed E-state index contributed by atoms with van der Waals surface area (Å²) >= 11 is 0. The minimum atomic E-state index is -1.01. The molecule has 2 aromatic carbocycles. The summed E-state index contributed by atoms with van der Waals surface area (Å²) in [7, 11) is 1.55. The maximum Gasteiger partial charge on any atom is 0.328 e. The number of carboxylic acids is 1. The summed E-state index contributed by atoms with van der Waals surface area (Å²) in [4.78, 5) is 10.5. The van der Waals surface area contributed by atoms with Crippen molar-refractivity contribution in [2.45, 2.75) is 0 Å². The third-order valence-corrected chi connectivity index (χ3v) is 2.80. The highest BCUT2D eigenvalue weighted by molar-refractivity contribution is 5.86. The molecule has 3 nitrogen and oxygen atoms in total. The van der Waals surface area contributed by atoms with Crippen LogP contribution < -0.4 is 4.74 Å². The van der Waals surface area contributed by atoms with Crippen LogP contribution in [-0.4, -0.2) is 18.2 Å². The first-order valence-corrected chi connectivity index (χ1v) is 5.95. The molecule has 0 aliphatic heterocycles. The van der Waals surface area contributed by atoms with E-state index in [1.807, 2.05) is 0 Å². The molecule has 0 saturated heterocycles. The van der Waals surface area contributed by atoms with E-state index in [1.54, 1.807) is 37.4 Å². The number of hydrogen-bond donors (Lipinski definition) is 1. The Hall–Kier alpha value is -2.62. The summed E-state index contributed by atoms with van der Waals surface area (Å²) in [6.45, 7) is 0. The molecule has 0 radical (unpaired) electrons. The fourth-order valence-electron chi connectivity index (χ4n) is 1.85. The molecule has 0 fully saturated rings. The van der Waals surface area contributed by atoms with Crippen LogP contribution in [0.5, 0.6) is 5.75 Å². The van der Waals surface area contributed by atoms with Gasteiger partial charge >= 0.3 is 5.97 Å². The van der Waals surface area contributed by atoms with Crippen LogP contribution >= 0.6 is 0 Å². The molecule has 0 bridgehead atoms. The summed E-state index contributed by atoms with van der Waals surface area (Å²) in [6, 6.07) is 11.3. The molecular weight excluding hydrogens is 259 g/mol. The highest BCUT2D eigenvalue weighted by Gasteiger charge is 2.06. The molecule has 0 unspecified atom stereocenters. The number of methoxy groups -OCH3 is 1. The zero-order valence-corrected chi connectivity index (χ0v) is 10.8. The van der Waals surface area contributed by atoms with Crippen molar-refractivity contribution in [3.8, 4) is 16.9 Å². The van der Waals surface area contributed by atoms with Crippen molar-refractivity contribution >= 4 is 12.0 Å². The lowest BCUT2D eigenvalue weighted by Crippen LogP contribution is -1.90. The molecule has 0 aromatic heterocycles. The highest BCUT2D eigenvalue weighted by atomic mass is 19.1. The number of halogens is 1. The van der Waals surface area contributed by atoms with Gasteiger partial charge in [0.25, 0.3) is 0 Å².